The molecule has 0 atom stereocenters. The van der Waals surface area contributed by atoms with Gasteiger partial charge in [0.25, 0.3) is 0 Å². The summed E-state index contributed by atoms with van der Waals surface area (Å²) in [4.78, 5) is 22.9. The van der Waals surface area contributed by atoms with Gasteiger partial charge in [0, 0.05) is 18.9 Å². The minimum atomic E-state index is -1.02. The van der Waals surface area contributed by atoms with Crippen LogP contribution in [0.4, 0.5) is 10.5 Å². The summed E-state index contributed by atoms with van der Waals surface area (Å²) in [5.41, 5.74) is 2.01. The monoisotopic (exact) mass is 288 g/mol. The van der Waals surface area contributed by atoms with Gasteiger partial charge < -0.3 is 15.7 Å². The molecule has 7 heteroatoms. The Morgan fingerprint density at radius 3 is 2.71 bits per heavy atom. The van der Waals surface area contributed by atoms with Crippen molar-refractivity contribution in [3.05, 3.63) is 47.3 Å². The number of benzene rings is 1. The van der Waals surface area contributed by atoms with E-state index < -0.39 is 12.0 Å². The zero-order valence-corrected chi connectivity index (χ0v) is 11.8. The third kappa shape index (κ3) is 3.38. The lowest BCUT2D eigenvalue weighted by Gasteiger charge is -2.11. The maximum absolute atomic E-state index is 11.9. The van der Waals surface area contributed by atoms with Crippen LogP contribution in [0.3, 0.4) is 0 Å². The van der Waals surface area contributed by atoms with E-state index in [9.17, 15) is 9.59 Å². The lowest BCUT2D eigenvalue weighted by atomic mass is 10.1. The SMILES string of the molecule is Cc1c(NC(=O)NCc2ccnn2C)cccc1C(=O)O. The number of aryl methyl sites for hydroxylation is 1. The first-order valence-electron chi connectivity index (χ1n) is 6.33. The predicted octanol–water partition coefficient (Wildman–Crippen LogP) is 1.75. The first-order chi connectivity index (χ1) is 9.99. The number of carbonyl (C=O) groups excluding carboxylic acids is 1. The van der Waals surface area contributed by atoms with Crippen LogP contribution < -0.4 is 10.6 Å². The van der Waals surface area contributed by atoms with Gasteiger partial charge in [-0.15, -0.1) is 0 Å². The number of nitrogens with one attached hydrogen (secondary N) is 2. The van der Waals surface area contributed by atoms with Crippen molar-refractivity contribution in [3.8, 4) is 0 Å². The highest BCUT2D eigenvalue weighted by Crippen LogP contribution is 2.18. The Bertz CT molecular complexity index is 679. The smallest absolute Gasteiger partial charge is 0.336 e. The fourth-order valence-corrected chi connectivity index (χ4v) is 1.91. The third-order valence-corrected chi connectivity index (χ3v) is 3.16. The lowest BCUT2D eigenvalue weighted by Crippen LogP contribution is -2.29. The molecule has 1 aromatic heterocycles. The topological polar surface area (TPSA) is 96.3 Å². The van der Waals surface area contributed by atoms with Crippen molar-refractivity contribution in [2.24, 2.45) is 7.05 Å². The van der Waals surface area contributed by atoms with E-state index in [1.54, 1.807) is 43.0 Å². The minimum absolute atomic E-state index is 0.166. The summed E-state index contributed by atoms with van der Waals surface area (Å²) in [7, 11) is 1.79. The maximum Gasteiger partial charge on any atom is 0.336 e. The third-order valence-electron chi connectivity index (χ3n) is 3.16. The van der Waals surface area contributed by atoms with Crippen molar-refractivity contribution in [2.45, 2.75) is 13.5 Å². The summed E-state index contributed by atoms with van der Waals surface area (Å²) in [5, 5.41) is 18.4. The van der Waals surface area contributed by atoms with Crippen LogP contribution in [-0.2, 0) is 13.6 Å². The minimum Gasteiger partial charge on any atom is -0.478 e. The number of urea groups is 1. The van der Waals surface area contributed by atoms with Crippen molar-refractivity contribution in [3.63, 3.8) is 0 Å². The molecule has 1 aromatic carbocycles. The molecule has 110 valence electrons. The number of hydrogen-bond donors (Lipinski definition) is 3. The van der Waals surface area contributed by atoms with Crippen molar-refractivity contribution in [1.29, 1.82) is 0 Å². The van der Waals surface area contributed by atoms with Crippen molar-refractivity contribution in [2.75, 3.05) is 5.32 Å². The molecule has 0 unspecified atom stereocenters. The van der Waals surface area contributed by atoms with Gasteiger partial charge in [-0.05, 0) is 30.7 Å². The molecule has 0 bridgehead atoms. The standard InChI is InChI=1S/C14H16N4O3/c1-9-11(13(19)20)4-3-5-12(9)17-14(21)15-8-10-6-7-16-18(10)2/h3-7H,8H2,1-2H3,(H,19,20)(H2,15,17,21). The molecule has 0 aliphatic heterocycles. The zero-order chi connectivity index (χ0) is 15.4. The van der Waals surface area contributed by atoms with Crippen LogP contribution in [-0.4, -0.2) is 26.9 Å². The van der Waals surface area contributed by atoms with Crippen molar-refractivity contribution < 1.29 is 14.7 Å². The molecule has 0 saturated carbocycles. The highest BCUT2D eigenvalue weighted by molar-refractivity contribution is 5.95. The van der Waals surface area contributed by atoms with E-state index in [4.69, 9.17) is 5.11 Å². The number of carboxylic acid groups (broad SMARTS) is 1. The van der Waals surface area contributed by atoms with E-state index >= 15 is 0 Å². The molecule has 21 heavy (non-hydrogen) atoms. The number of carboxylic acids is 1. The fraction of sp³-hybridized carbons (Fsp3) is 0.214. The highest BCUT2D eigenvalue weighted by Gasteiger charge is 2.12. The van der Waals surface area contributed by atoms with Gasteiger partial charge in [0.2, 0.25) is 0 Å². The van der Waals surface area contributed by atoms with Crippen LogP contribution in [0, 0.1) is 6.92 Å². The van der Waals surface area contributed by atoms with Crippen LogP contribution in [0.2, 0.25) is 0 Å². The summed E-state index contributed by atoms with van der Waals surface area (Å²) in [5.74, 6) is -1.02. The van der Waals surface area contributed by atoms with E-state index in [1.165, 1.54) is 6.07 Å². The summed E-state index contributed by atoms with van der Waals surface area (Å²) < 4.78 is 1.66. The number of nitrogens with zero attached hydrogens (tertiary/aromatic N) is 2. The van der Waals surface area contributed by atoms with Crippen LogP contribution in [0.25, 0.3) is 0 Å². The van der Waals surface area contributed by atoms with E-state index in [0.717, 1.165) is 5.69 Å². The Morgan fingerprint density at radius 1 is 1.33 bits per heavy atom. The molecule has 1 heterocycles. The number of aromatic carboxylic acids is 1. The quantitative estimate of drug-likeness (QED) is 0.798. The molecule has 3 N–H and O–H groups in total. The molecule has 0 saturated heterocycles. The molecule has 0 aliphatic carbocycles. The average molecular weight is 288 g/mol. The fourth-order valence-electron chi connectivity index (χ4n) is 1.91. The number of aromatic nitrogens is 2. The van der Waals surface area contributed by atoms with Crippen LogP contribution in [0.1, 0.15) is 21.6 Å². The number of rotatable bonds is 4. The largest absolute Gasteiger partial charge is 0.478 e. The lowest BCUT2D eigenvalue weighted by molar-refractivity contribution is 0.0696. The first-order valence-corrected chi connectivity index (χ1v) is 6.33. The summed E-state index contributed by atoms with van der Waals surface area (Å²) in [6, 6.07) is 6.15. The maximum atomic E-state index is 11.9. The molecular weight excluding hydrogens is 272 g/mol. The van der Waals surface area contributed by atoms with Gasteiger partial charge in [0.15, 0.2) is 0 Å². The van der Waals surface area contributed by atoms with Gasteiger partial charge in [-0.1, -0.05) is 6.07 Å². The Kier molecular flexibility index (Phi) is 4.22. The Balaban J connectivity index is 2.01. The second-order valence-corrected chi connectivity index (χ2v) is 4.54. The molecule has 2 amide bonds. The highest BCUT2D eigenvalue weighted by atomic mass is 16.4. The molecule has 0 fully saturated rings. The normalized spacial score (nSPS) is 10.2. The van der Waals surface area contributed by atoms with Crippen LogP contribution in [0.15, 0.2) is 30.5 Å². The average Bonchev–Trinajstić information content (AvgIpc) is 2.84. The molecule has 2 rings (SSSR count). The molecule has 2 aromatic rings. The predicted molar refractivity (Wildman–Crippen MR) is 77.2 cm³/mol. The molecule has 0 radical (unpaired) electrons. The molecule has 7 nitrogen and oxygen atoms in total. The van der Waals surface area contributed by atoms with E-state index in [0.29, 0.717) is 17.8 Å². The van der Waals surface area contributed by atoms with Gasteiger partial charge in [-0.25, -0.2) is 9.59 Å². The number of anilines is 1. The summed E-state index contributed by atoms with van der Waals surface area (Å²) in [6.45, 7) is 1.99. The summed E-state index contributed by atoms with van der Waals surface area (Å²) >= 11 is 0. The molecule has 0 aliphatic rings. The number of carbonyl (C=O) groups is 2. The Hall–Kier alpha value is -2.83. The van der Waals surface area contributed by atoms with Gasteiger partial charge in [-0.2, -0.15) is 5.10 Å². The number of hydrogen-bond acceptors (Lipinski definition) is 3. The second kappa shape index (κ2) is 6.08. The van der Waals surface area contributed by atoms with Crippen LogP contribution in [0.5, 0.6) is 0 Å². The number of amides is 2. The van der Waals surface area contributed by atoms with E-state index in [1.807, 2.05) is 0 Å². The molecular formula is C14H16N4O3. The van der Waals surface area contributed by atoms with E-state index in [2.05, 4.69) is 15.7 Å². The van der Waals surface area contributed by atoms with Crippen molar-refractivity contribution >= 4 is 17.7 Å². The van der Waals surface area contributed by atoms with Gasteiger partial charge in [0.05, 0.1) is 17.8 Å². The molecule has 0 spiro atoms. The van der Waals surface area contributed by atoms with Crippen LogP contribution >= 0.6 is 0 Å². The van der Waals surface area contributed by atoms with Crippen molar-refractivity contribution in [1.82, 2.24) is 15.1 Å². The van der Waals surface area contributed by atoms with Gasteiger partial charge >= 0.3 is 12.0 Å². The first kappa shape index (κ1) is 14.6. The van der Waals surface area contributed by atoms with Gasteiger partial charge in [-0.3, -0.25) is 4.68 Å². The zero-order valence-electron chi connectivity index (χ0n) is 11.8. The van der Waals surface area contributed by atoms with E-state index in [-0.39, 0.29) is 5.56 Å². The Morgan fingerprint density at radius 2 is 2.10 bits per heavy atom. The Labute approximate surface area is 121 Å². The summed E-state index contributed by atoms with van der Waals surface area (Å²) in [6.07, 6.45) is 1.65. The second-order valence-electron chi connectivity index (χ2n) is 4.54. The van der Waals surface area contributed by atoms with Gasteiger partial charge in [0.1, 0.15) is 0 Å².